The molecule has 1 aromatic carbocycles. The van der Waals surface area contributed by atoms with E-state index in [1.807, 2.05) is 0 Å². The van der Waals surface area contributed by atoms with Crippen LogP contribution in [0.2, 0.25) is 0 Å². The van der Waals surface area contributed by atoms with E-state index in [1.54, 1.807) is 24.3 Å². The quantitative estimate of drug-likeness (QED) is 0.692. The molecular weight excluding hydrogens is 366 g/mol. The van der Waals surface area contributed by atoms with Crippen molar-refractivity contribution < 1.29 is 17.9 Å². The molecule has 0 spiro atoms. The van der Waals surface area contributed by atoms with Crippen molar-refractivity contribution >= 4 is 39.4 Å². The number of esters is 1. The van der Waals surface area contributed by atoms with Gasteiger partial charge in [0.2, 0.25) is 0 Å². The summed E-state index contributed by atoms with van der Waals surface area (Å²) in [4.78, 5) is 16.1. The standard InChI is InChI=1S/C16H15N3O4S.ClH/c1-23-16(20)14-10-18-15-12(13(14)9-17)7-8-19(15)24(21,22)11-5-3-2-4-6-11;/h2-8,10H,9,17H2,1H3;1H. The summed E-state index contributed by atoms with van der Waals surface area (Å²) >= 11 is 0. The first-order valence-electron chi connectivity index (χ1n) is 7.08. The maximum atomic E-state index is 12.8. The van der Waals surface area contributed by atoms with Gasteiger partial charge in [-0.25, -0.2) is 22.2 Å². The van der Waals surface area contributed by atoms with Crippen LogP contribution in [0.5, 0.6) is 0 Å². The van der Waals surface area contributed by atoms with E-state index in [0.717, 1.165) is 3.97 Å². The highest BCUT2D eigenvalue weighted by Crippen LogP contribution is 2.25. The van der Waals surface area contributed by atoms with E-state index in [9.17, 15) is 13.2 Å². The number of carbonyl (C=O) groups is 1. The van der Waals surface area contributed by atoms with Gasteiger partial charge in [0.05, 0.1) is 17.6 Å². The zero-order valence-corrected chi connectivity index (χ0v) is 14.9. The molecule has 0 radical (unpaired) electrons. The molecule has 0 saturated carbocycles. The van der Waals surface area contributed by atoms with E-state index in [1.165, 1.54) is 31.6 Å². The third-order valence-electron chi connectivity index (χ3n) is 3.70. The van der Waals surface area contributed by atoms with Gasteiger partial charge in [0, 0.05) is 24.3 Å². The SMILES string of the molecule is COC(=O)c1cnc2c(ccn2S(=O)(=O)c2ccccc2)c1CN.Cl. The molecule has 2 N–H and O–H groups in total. The molecule has 2 aromatic heterocycles. The highest BCUT2D eigenvalue weighted by Gasteiger charge is 2.22. The van der Waals surface area contributed by atoms with Gasteiger partial charge in [0.25, 0.3) is 10.0 Å². The molecule has 25 heavy (non-hydrogen) atoms. The van der Waals surface area contributed by atoms with E-state index >= 15 is 0 Å². The fraction of sp³-hybridized carbons (Fsp3) is 0.125. The topological polar surface area (TPSA) is 104 Å². The summed E-state index contributed by atoms with van der Waals surface area (Å²) < 4.78 is 31.4. The number of hydrogen-bond donors (Lipinski definition) is 1. The Morgan fingerprint density at radius 2 is 1.92 bits per heavy atom. The Bertz CT molecular complexity index is 1020. The van der Waals surface area contributed by atoms with Crippen LogP contribution in [0.3, 0.4) is 0 Å². The summed E-state index contributed by atoms with van der Waals surface area (Å²) in [5.41, 5.74) is 6.68. The molecule has 0 aliphatic heterocycles. The van der Waals surface area contributed by atoms with E-state index in [2.05, 4.69) is 4.98 Å². The smallest absolute Gasteiger partial charge is 0.339 e. The minimum atomic E-state index is -3.79. The first-order valence-corrected chi connectivity index (χ1v) is 8.52. The average molecular weight is 382 g/mol. The van der Waals surface area contributed by atoms with E-state index in [-0.39, 0.29) is 35.1 Å². The van der Waals surface area contributed by atoms with Crippen molar-refractivity contribution in [3.05, 3.63) is 59.9 Å². The Morgan fingerprint density at radius 1 is 1.24 bits per heavy atom. The fourth-order valence-electron chi connectivity index (χ4n) is 2.52. The van der Waals surface area contributed by atoms with Gasteiger partial charge in [-0.1, -0.05) is 18.2 Å². The predicted molar refractivity (Wildman–Crippen MR) is 95.2 cm³/mol. The average Bonchev–Trinajstić information content (AvgIpc) is 3.05. The van der Waals surface area contributed by atoms with E-state index in [4.69, 9.17) is 10.5 Å². The van der Waals surface area contributed by atoms with Crippen molar-refractivity contribution in [2.24, 2.45) is 5.73 Å². The number of rotatable bonds is 4. The molecule has 0 aliphatic rings. The minimum Gasteiger partial charge on any atom is -0.465 e. The van der Waals surface area contributed by atoms with E-state index in [0.29, 0.717) is 10.9 Å². The molecule has 2 heterocycles. The Hall–Kier alpha value is -2.42. The normalized spacial score (nSPS) is 11.1. The van der Waals surface area contributed by atoms with Crippen LogP contribution in [0.4, 0.5) is 0 Å². The molecule has 3 rings (SSSR count). The van der Waals surface area contributed by atoms with Crippen molar-refractivity contribution in [3.63, 3.8) is 0 Å². The highest BCUT2D eigenvalue weighted by molar-refractivity contribution is 7.90. The number of fused-ring (bicyclic) bond motifs is 1. The van der Waals surface area contributed by atoms with Gasteiger partial charge in [0.15, 0.2) is 5.65 Å². The van der Waals surface area contributed by atoms with E-state index < -0.39 is 16.0 Å². The Kier molecular flexibility index (Phi) is 5.46. The molecule has 0 amide bonds. The predicted octanol–water partition coefficient (Wildman–Crippen LogP) is 1.94. The molecule has 0 bridgehead atoms. The zero-order chi connectivity index (χ0) is 17.3. The molecule has 0 saturated heterocycles. The maximum absolute atomic E-state index is 12.8. The van der Waals surface area contributed by atoms with Crippen molar-refractivity contribution in [2.75, 3.05) is 7.11 Å². The van der Waals surface area contributed by atoms with Crippen LogP contribution in [0.25, 0.3) is 11.0 Å². The van der Waals surface area contributed by atoms with Gasteiger partial charge in [0.1, 0.15) is 0 Å². The summed E-state index contributed by atoms with van der Waals surface area (Å²) in [5.74, 6) is -0.566. The number of nitrogens with zero attached hydrogens (tertiary/aromatic N) is 2. The number of pyridine rings is 1. The van der Waals surface area contributed by atoms with Crippen LogP contribution < -0.4 is 5.73 Å². The van der Waals surface area contributed by atoms with Gasteiger partial charge >= 0.3 is 5.97 Å². The summed E-state index contributed by atoms with van der Waals surface area (Å²) in [6.45, 7) is 0.0544. The van der Waals surface area contributed by atoms with Crippen molar-refractivity contribution in [2.45, 2.75) is 11.4 Å². The Balaban J connectivity index is 0.00000225. The zero-order valence-electron chi connectivity index (χ0n) is 13.2. The van der Waals surface area contributed by atoms with Crippen LogP contribution >= 0.6 is 12.4 Å². The highest BCUT2D eigenvalue weighted by atomic mass is 35.5. The van der Waals surface area contributed by atoms with Crippen LogP contribution in [-0.4, -0.2) is 30.5 Å². The monoisotopic (exact) mass is 381 g/mol. The number of ether oxygens (including phenoxy) is 1. The molecule has 132 valence electrons. The van der Waals surface area contributed by atoms with Gasteiger partial charge in [-0.05, 0) is 23.8 Å². The molecule has 3 aromatic rings. The third-order valence-corrected chi connectivity index (χ3v) is 5.38. The lowest BCUT2D eigenvalue weighted by molar-refractivity contribution is 0.0599. The number of methoxy groups -OCH3 is 1. The molecule has 0 fully saturated rings. The van der Waals surface area contributed by atoms with Gasteiger partial charge in [-0.15, -0.1) is 12.4 Å². The number of benzene rings is 1. The number of hydrogen-bond acceptors (Lipinski definition) is 6. The third kappa shape index (κ3) is 3.11. The first kappa shape index (κ1) is 18.9. The lowest BCUT2D eigenvalue weighted by Crippen LogP contribution is -2.14. The van der Waals surface area contributed by atoms with Crippen molar-refractivity contribution in [1.82, 2.24) is 8.96 Å². The summed E-state index contributed by atoms with van der Waals surface area (Å²) in [5, 5.41) is 0.500. The minimum absolute atomic E-state index is 0. The largest absolute Gasteiger partial charge is 0.465 e. The maximum Gasteiger partial charge on any atom is 0.339 e. The summed E-state index contributed by atoms with van der Waals surface area (Å²) in [6, 6.07) is 9.62. The molecule has 0 atom stereocenters. The van der Waals surface area contributed by atoms with Crippen molar-refractivity contribution in [1.29, 1.82) is 0 Å². The van der Waals surface area contributed by atoms with Gasteiger partial charge in [-0.2, -0.15) is 0 Å². The summed E-state index contributed by atoms with van der Waals surface area (Å²) in [7, 11) is -2.53. The number of aromatic nitrogens is 2. The van der Waals surface area contributed by atoms with Gasteiger partial charge < -0.3 is 10.5 Å². The van der Waals surface area contributed by atoms with Crippen LogP contribution in [0, 0.1) is 0 Å². The second kappa shape index (κ2) is 7.22. The van der Waals surface area contributed by atoms with Crippen LogP contribution in [0.15, 0.2) is 53.7 Å². The number of carbonyl (C=O) groups excluding carboxylic acids is 1. The van der Waals surface area contributed by atoms with Gasteiger partial charge in [-0.3, -0.25) is 0 Å². The molecule has 9 heteroatoms. The second-order valence-electron chi connectivity index (χ2n) is 5.01. The first-order chi connectivity index (χ1) is 11.5. The molecule has 0 aliphatic carbocycles. The number of nitrogens with two attached hydrogens (primary N) is 1. The van der Waals surface area contributed by atoms with Crippen LogP contribution in [-0.2, 0) is 21.3 Å². The molecular formula is C16H16ClN3O4S. The Labute approximate surface area is 150 Å². The summed E-state index contributed by atoms with van der Waals surface area (Å²) in [6.07, 6.45) is 2.69. The lowest BCUT2D eigenvalue weighted by atomic mass is 10.1. The molecule has 7 nitrogen and oxygen atoms in total. The molecule has 0 unspecified atom stereocenters. The fourth-order valence-corrected chi connectivity index (χ4v) is 3.84. The Morgan fingerprint density at radius 3 is 2.52 bits per heavy atom. The second-order valence-corrected chi connectivity index (χ2v) is 6.83. The van der Waals surface area contributed by atoms with Crippen molar-refractivity contribution in [3.8, 4) is 0 Å². The lowest BCUT2D eigenvalue weighted by Gasteiger charge is -2.09. The number of halogens is 1. The van der Waals surface area contributed by atoms with Crippen LogP contribution in [0.1, 0.15) is 15.9 Å².